The topological polar surface area (TPSA) is 44.8 Å². The van der Waals surface area contributed by atoms with Crippen LogP contribution < -0.4 is 10.1 Å². The largest absolute Gasteiger partial charge is 0.488 e. The molecular formula is C27H37N3O2. The lowest BCUT2D eigenvalue weighted by Crippen LogP contribution is -2.42. The van der Waals surface area contributed by atoms with Gasteiger partial charge in [0.1, 0.15) is 11.9 Å². The van der Waals surface area contributed by atoms with E-state index in [2.05, 4.69) is 52.4 Å². The van der Waals surface area contributed by atoms with Gasteiger partial charge in [-0.3, -0.25) is 9.69 Å². The first-order valence-electron chi connectivity index (χ1n) is 12.2. The number of rotatable bonds is 9. The van der Waals surface area contributed by atoms with Crippen molar-refractivity contribution >= 4 is 5.91 Å². The first-order valence-corrected chi connectivity index (χ1v) is 12.2. The first-order chi connectivity index (χ1) is 15.7. The Bertz CT molecular complexity index is 851. The zero-order valence-electron chi connectivity index (χ0n) is 19.3. The number of ether oxygens (including phenoxy) is 1. The molecule has 172 valence electrons. The van der Waals surface area contributed by atoms with Crippen LogP contribution in [0.5, 0.6) is 5.75 Å². The Kier molecular flexibility index (Phi) is 8.18. The van der Waals surface area contributed by atoms with Crippen LogP contribution in [0.3, 0.4) is 0 Å². The second kappa shape index (κ2) is 11.5. The summed E-state index contributed by atoms with van der Waals surface area (Å²) in [6.45, 7) is 9.24. The number of benzene rings is 2. The van der Waals surface area contributed by atoms with Crippen LogP contribution in [-0.4, -0.2) is 67.6 Å². The summed E-state index contributed by atoms with van der Waals surface area (Å²) in [5, 5.41) is 3.09. The van der Waals surface area contributed by atoms with E-state index in [1.54, 1.807) is 0 Å². The van der Waals surface area contributed by atoms with Crippen molar-refractivity contribution in [1.82, 2.24) is 15.1 Å². The van der Waals surface area contributed by atoms with Crippen molar-refractivity contribution < 1.29 is 9.53 Å². The molecule has 2 atom stereocenters. The number of carbonyl (C=O) groups is 1. The van der Waals surface area contributed by atoms with Crippen molar-refractivity contribution in [2.24, 2.45) is 0 Å². The molecule has 2 saturated heterocycles. The third-order valence-corrected chi connectivity index (χ3v) is 6.70. The predicted octanol–water partition coefficient (Wildman–Crippen LogP) is 4.16. The lowest BCUT2D eigenvalue weighted by molar-refractivity contribution is 0.0821. The van der Waals surface area contributed by atoms with E-state index in [1.165, 1.54) is 18.4 Å². The molecule has 2 aliphatic rings. The summed E-state index contributed by atoms with van der Waals surface area (Å²) in [6.07, 6.45) is 4.81. The van der Waals surface area contributed by atoms with E-state index in [-0.39, 0.29) is 12.0 Å². The predicted molar refractivity (Wildman–Crippen MR) is 129 cm³/mol. The number of carbonyl (C=O) groups excluding carboxylic acids is 1. The van der Waals surface area contributed by atoms with Crippen LogP contribution in [0.1, 0.15) is 54.4 Å². The Morgan fingerprint density at radius 3 is 2.53 bits per heavy atom. The van der Waals surface area contributed by atoms with Gasteiger partial charge < -0.3 is 15.0 Å². The maximum Gasteiger partial charge on any atom is 0.255 e. The van der Waals surface area contributed by atoms with Crippen LogP contribution in [0.15, 0.2) is 54.6 Å². The average Bonchev–Trinajstić information content (AvgIpc) is 3.34. The second-order valence-electron chi connectivity index (χ2n) is 9.25. The number of piperidine rings is 1. The van der Waals surface area contributed by atoms with E-state index >= 15 is 0 Å². The number of nitrogens with zero attached hydrogens (tertiary/aromatic N) is 2. The van der Waals surface area contributed by atoms with E-state index in [9.17, 15) is 4.79 Å². The summed E-state index contributed by atoms with van der Waals surface area (Å²) in [5.41, 5.74) is 2.02. The maximum atomic E-state index is 12.8. The molecular weight excluding hydrogens is 398 g/mol. The fraction of sp³-hybridized carbons (Fsp3) is 0.519. The lowest BCUT2D eigenvalue weighted by Gasteiger charge is -2.34. The zero-order valence-corrected chi connectivity index (χ0v) is 19.3. The van der Waals surface area contributed by atoms with Crippen molar-refractivity contribution in [3.05, 3.63) is 65.7 Å². The van der Waals surface area contributed by atoms with E-state index in [0.29, 0.717) is 23.8 Å². The van der Waals surface area contributed by atoms with Crippen LogP contribution in [0.4, 0.5) is 0 Å². The Labute approximate surface area is 192 Å². The number of para-hydroxylation sites is 1. The molecule has 2 unspecified atom stereocenters. The molecule has 1 amide bonds. The first kappa shape index (κ1) is 22.8. The Morgan fingerprint density at radius 2 is 1.72 bits per heavy atom. The normalized spacial score (nSPS) is 20.7. The molecule has 2 aliphatic heterocycles. The molecule has 5 nitrogen and oxygen atoms in total. The highest BCUT2D eigenvalue weighted by Gasteiger charge is 2.24. The van der Waals surface area contributed by atoms with Crippen LogP contribution in [0.25, 0.3) is 0 Å². The van der Waals surface area contributed by atoms with Crippen molar-refractivity contribution in [3.8, 4) is 5.75 Å². The fourth-order valence-corrected chi connectivity index (χ4v) is 4.91. The Morgan fingerprint density at radius 1 is 1.00 bits per heavy atom. The molecule has 2 aromatic rings. The van der Waals surface area contributed by atoms with Crippen LogP contribution in [0.2, 0.25) is 0 Å². The smallest absolute Gasteiger partial charge is 0.255 e. The van der Waals surface area contributed by atoms with Gasteiger partial charge in [-0.1, -0.05) is 49.4 Å². The average molecular weight is 436 g/mol. The standard InChI is InChI=1S/C27H37N3O2/c1-22(23-10-3-2-4-11-23)20-30-18-9-12-24(21-30)32-26-14-6-5-13-25(26)27(31)28-15-19-29-16-7-8-17-29/h2-6,10-11,13-14,22,24H,7-9,12,15-21H2,1H3,(H,28,31). The van der Waals surface area contributed by atoms with Gasteiger partial charge in [0.25, 0.3) is 5.91 Å². The van der Waals surface area contributed by atoms with Crippen LogP contribution in [-0.2, 0) is 0 Å². The monoisotopic (exact) mass is 435 g/mol. The minimum Gasteiger partial charge on any atom is -0.488 e. The van der Waals surface area contributed by atoms with Crippen LogP contribution in [0, 0.1) is 0 Å². The van der Waals surface area contributed by atoms with E-state index in [0.717, 1.165) is 52.1 Å². The number of amides is 1. The summed E-state index contributed by atoms with van der Waals surface area (Å²) in [6, 6.07) is 18.4. The Hall–Kier alpha value is -2.37. The summed E-state index contributed by atoms with van der Waals surface area (Å²) in [4.78, 5) is 17.7. The van der Waals surface area contributed by atoms with Gasteiger partial charge in [-0.05, 0) is 68.9 Å². The molecule has 0 aliphatic carbocycles. The fourth-order valence-electron chi connectivity index (χ4n) is 4.91. The summed E-state index contributed by atoms with van der Waals surface area (Å²) in [5.74, 6) is 1.16. The highest BCUT2D eigenvalue weighted by molar-refractivity contribution is 5.96. The van der Waals surface area contributed by atoms with E-state index in [4.69, 9.17) is 4.74 Å². The second-order valence-corrected chi connectivity index (χ2v) is 9.25. The summed E-state index contributed by atoms with van der Waals surface area (Å²) in [7, 11) is 0. The molecule has 0 saturated carbocycles. The van der Waals surface area contributed by atoms with E-state index < -0.39 is 0 Å². The van der Waals surface area contributed by atoms with Gasteiger partial charge in [0.05, 0.1) is 5.56 Å². The van der Waals surface area contributed by atoms with Gasteiger partial charge in [-0.2, -0.15) is 0 Å². The molecule has 0 aromatic heterocycles. The van der Waals surface area contributed by atoms with Gasteiger partial charge in [0, 0.05) is 26.2 Å². The van der Waals surface area contributed by atoms with Crippen molar-refractivity contribution in [2.45, 2.75) is 44.6 Å². The van der Waals surface area contributed by atoms with Gasteiger partial charge >= 0.3 is 0 Å². The molecule has 0 spiro atoms. The quantitative estimate of drug-likeness (QED) is 0.642. The number of likely N-dealkylation sites (tertiary alicyclic amines) is 2. The molecule has 2 heterocycles. The minimum atomic E-state index is -0.0369. The van der Waals surface area contributed by atoms with Crippen molar-refractivity contribution in [2.75, 3.05) is 45.8 Å². The number of hydrogen-bond acceptors (Lipinski definition) is 4. The number of hydrogen-bond donors (Lipinski definition) is 1. The molecule has 4 rings (SSSR count). The molecule has 0 bridgehead atoms. The molecule has 0 radical (unpaired) electrons. The van der Waals surface area contributed by atoms with Gasteiger partial charge in [0.2, 0.25) is 0 Å². The lowest BCUT2D eigenvalue weighted by atomic mass is 9.99. The molecule has 32 heavy (non-hydrogen) atoms. The highest BCUT2D eigenvalue weighted by atomic mass is 16.5. The SMILES string of the molecule is CC(CN1CCCC(Oc2ccccc2C(=O)NCCN2CCCC2)C1)c1ccccc1. The van der Waals surface area contributed by atoms with Gasteiger partial charge in [-0.25, -0.2) is 0 Å². The molecule has 2 fully saturated rings. The summed E-state index contributed by atoms with van der Waals surface area (Å²) < 4.78 is 6.39. The molecule has 2 aromatic carbocycles. The zero-order chi connectivity index (χ0) is 22.2. The van der Waals surface area contributed by atoms with Crippen LogP contribution >= 0.6 is 0 Å². The van der Waals surface area contributed by atoms with Crippen molar-refractivity contribution in [3.63, 3.8) is 0 Å². The minimum absolute atomic E-state index is 0.0369. The van der Waals surface area contributed by atoms with Crippen molar-refractivity contribution in [1.29, 1.82) is 0 Å². The third-order valence-electron chi connectivity index (χ3n) is 6.70. The third kappa shape index (κ3) is 6.33. The van der Waals surface area contributed by atoms with Gasteiger partial charge in [0.15, 0.2) is 0 Å². The molecule has 1 N–H and O–H groups in total. The maximum absolute atomic E-state index is 12.8. The van der Waals surface area contributed by atoms with Gasteiger partial charge in [-0.15, -0.1) is 0 Å². The summed E-state index contributed by atoms with van der Waals surface area (Å²) >= 11 is 0. The number of nitrogens with one attached hydrogen (secondary N) is 1. The van der Waals surface area contributed by atoms with E-state index in [1.807, 2.05) is 24.3 Å². The highest BCUT2D eigenvalue weighted by Crippen LogP contribution is 2.24. The Balaban J connectivity index is 1.30. The molecule has 5 heteroatoms.